The Morgan fingerprint density at radius 3 is 2.33 bits per heavy atom. The molecule has 0 spiro atoms. The van der Waals surface area contributed by atoms with Gasteiger partial charge in [0.1, 0.15) is 11.5 Å². The average molecular weight is 297 g/mol. The summed E-state index contributed by atoms with van der Waals surface area (Å²) in [4.78, 5) is 12.2. The molecule has 6 heteroatoms. The first-order valence-electron chi connectivity index (χ1n) is 6.89. The van der Waals surface area contributed by atoms with Gasteiger partial charge in [0.25, 0.3) is 5.91 Å². The Bertz CT molecular complexity index is 444. The summed E-state index contributed by atoms with van der Waals surface area (Å²) in [5, 5.41) is 2.77. The van der Waals surface area contributed by atoms with E-state index in [4.69, 9.17) is 18.9 Å². The van der Waals surface area contributed by atoms with E-state index in [0.717, 1.165) is 0 Å². The van der Waals surface area contributed by atoms with Crippen molar-refractivity contribution in [2.75, 3.05) is 34.0 Å². The predicted octanol–water partition coefficient (Wildman–Crippen LogP) is 1.83. The third-order valence-corrected chi connectivity index (χ3v) is 2.79. The molecule has 0 fully saturated rings. The smallest absolute Gasteiger partial charge is 0.255 e. The second kappa shape index (κ2) is 9.20. The van der Waals surface area contributed by atoms with Gasteiger partial charge in [-0.05, 0) is 26.0 Å². The molecular weight excluding hydrogens is 274 g/mol. The van der Waals surface area contributed by atoms with Gasteiger partial charge in [0.15, 0.2) is 6.29 Å². The molecule has 0 aliphatic heterocycles. The first-order valence-corrected chi connectivity index (χ1v) is 6.89. The number of hydrogen-bond acceptors (Lipinski definition) is 5. The van der Waals surface area contributed by atoms with E-state index < -0.39 is 6.29 Å². The first kappa shape index (κ1) is 17.3. The summed E-state index contributed by atoms with van der Waals surface area (Å²) in [6, 6.07) is 5.03. The van der Waals surface area contributed by atoms with Crippen LogP contribution in [0, 0.1) is 0 Å². The van der Waals surface area contributed by atoms with Gasteiger partial charge in [-0.3, -0.25) is 4.79 Å². The lowest BCUT2D eigenvalue weighted by Crippen LogP contribution is -2.35. The van der Waals surface area contributed by atoms with Crippen molar-refractivity contribution in [3.63, 3.8) is 0 Å². The van der Waals surface area contributed by atoms with Crippen molar-refractivity contribution in [2.45, 2.75) is 20.1 Å². The molecule has 0 saturated heterocycles. The monoisotopic (exact) mass is 297 g/mol. The van der Waals surface area contributed by atoms with Gasteiger partial charge in [0.05, 0.1) is 26.3 Å². The van der Waals surface area contributed by atoms with E-state index in [1.165, 1.54) is 7.11 Å². The highest BCUT2D eigenvalue weighted by atomic mass is 16.7. The van der Waals surface area contributed by atoms with Crippen LogP contribution in [0.4, 0.5) is 0 Å². The number of carbonyl (C=O) groups is 1. The maximum Gasteiger partial charge on any atom is 0.255 e. The number of benzene rings is 1. The molecule has 0 atom stereocenters. The van der Waals surface area contributed by atoms with Crippen molar-refractivity contribution in [3.05, 3.63) is 23.8 Å². The van der Waals surface area contributed by atoms with Crippen LogP contribution in [-0.2, 0) is 9.47 Å². The molecule has 1 rings (SSSR count). The van der Waals surface area contributed by atoms with Crippen LogP contribution in [0.3, 0.4) is 0 Å². The van der Waals surface area contributed by atoms with E-state index in [9.17, 15) is 4.79 Å². The van der Waals surface area contributed by atoms with Crippen LogP contribution in [-0.4, -0.2) is 46.2 Å². The molecule has 1 aromatic carbocycles. The molecule has 0 bridgehead atoms. The zero-order valence-electron chi connectivity index (χ0n) is 13.0. The lowest BCUT2D eigenvalue weighted by molar-refractivity contribution is -0.131. The Hall–Kier alpha value is -1.79. The van der Waals surface area contributed by atoms with Crippen molar-refractivity contribution in [1.29, 1.82) is 0 Å². The molecule has 0 aliphatic carbocycles. The summed E-state index contributed by atoms with van der Waals surface area (Å²) in [7, 11) is 3.07. The summed E-state index contributed by atoms with van der Waals surface area (Å²) in [5.41, 5.74) is 0.435. The largest absolute Gasteiger partial charge is 0.497 e. The van der Waals surface area contributed by atoms with E-state index in [2.05, 4.69) is 5.32 Å². The fourth-order valence-electron chi connectivity index (χ4n) is 1.80. The van der Waals surface area contributed by atoms with Crippen molar-refractivity contribution in [2.24, 2.45) is 0 Å². The molecule has 0 aromatic heterocycles. The number of rotatable bonds is 9. The molecule has 1 N–H and O–H groups in total. The summed E-state index contributed by atoms with van der Waals surface area (Å²) in [6.07, 6.45) is -0.451. The molecule has 0 radical (unpaired) electrons. The third kappa shape index (κ3) is 5.24. The summed E-state index contributed by atoms with van der Waals surface area (Å²) in [5.74, 6) is 0.833. The van der Waals surface area contributed by atoms with Gasteiger partial charge < -0.3 is 24.3 Å². The molecule has 0 saturated carbocycles. The van der Waals surface area contributed by atoms with Crippen LogP contribution in [0.2, 0.25) is 0 Å². The fraction of sp³-hybridized carbons (Fsp3) is 0.533. The minimum absolute atomic E-state index is 0.251. The van der Waals surface area contributed by atoms with Gasteiger partial charge in [-0.2, -0.15) is 0 Å². The third-order valence-electron chi connectivity index (χ3n) is 2.79. The van der Waals surface area contributed by atoms with Gasteiger partial charge in [0.2, 0.25) is 0 Å². The topological polar surface area (TPSA) is 66.0 Å². The normalized spacial score (nSPS) is 10.5. The number of methoxy groups -OCH3 is 2. The Labute approximate surface area is 125 Å². The maximum atomic E-state index is 12.2. The van der Waals surface area contributed by atoms with Crippen LogP contribution in [0.15, 0.2) is 18.2 Å². The van der Waals surface area contributed by atoms with E-state index in [0.29, 0.717) is 30.3 Å². The molecule has 0 heterocycles. The molecule has 6 nitrogen and oxygen atoms in total. The molecule has 0 aliphatic rings. The summed E-state index contributed by atoms with van der Waals surface area (Å²) < 4.78 is 21.1. The minimum atomic E-state index is -0.451. The Kier molecular flexibility index (Phi) is 7.56. The van der Waals surface area contributed by atoms with E-state index >= 15 is 0 Å². The molecule has 118 valence electrons. The molecule has 1 amide bonds. The van der Waals surface area contributed by atoms with Crippen molar-refractivity contribution in [3.8, 4) is 11.5 Å². The van der Waals surface area contributed by atoms with Crippen LogP contribution in [0.1, 0.15) is 24.2 Å². The van der Waals surface area contributed by atoms with E-state index in [1.54, 1.807) is 25.3 Å². The Morgan fingerprint density at radius 1 is 1.14 bits per heavy atom. The van der Waals surface area contributed by atoms with Gasteiger partial charge in [-0.1, -0.05) is 0 Å². The minimum Gasteiger partial charge on any atom is -0.497 e. The first-order chi connectivity index (χ1) is 10.2. The number of amides is 1. The van der Waals surface area contributed by atoms with Crippen LogP contribution < -0.4 is 14.8 Å². The number of carbonyl (C=O) groups excluding carboxylic acids is 1. The summed E-state index contributed by atoms with van der Waals surface area (Å²) >= 11 is 0. The highest BCUT2D eigenvalue weighted by Gasteiger charge is 2.15. The highest BCUT2D eigenvalue weighted by molar-refractivity contribution is 5.97. The zero-order chi connectivity index (χ0) is 15.7. The molecule has 1 aromatic rings. The molecular formula is C15H23NO5. The zero-order valence-corrected chi connectivity index (χ0v) is 13.0. The second-order valence-electron chi connectivity index (χ2n) is 4.12. The van der Waals surface area contributed by atoms with E-state index in [-0.39, 0.29) is 12.5 Å². The SMILES string of the molecule is CCOC(CNC(=O)c1ccc(OC)cc1OC)OCC. The van der Waals surface area contributed by atoms with Gasteiger partial charge in [-0.15, -0.1) is 0 Å². The standard InChI is InChI=1S/C15H23NO5/c1-5-20-14(21-6-2)10-16-15(17)12-8-7-11(18-3)9-13(12)19-4/h7-9,14H,5-6,10H2,1-4H3,(H,16,17). The van der Waals surface area contributed by atoms with Crippen LogP contribution in [0.5, 0.6) is 11.5 Å². The average Bonchev–Trinajstić information content (AvgIpc) is 2.52. The molecule has 21 heavy (non-hydrogen) atoms. The van der Waals surface area contributed by atoms with Gasteiger partial charge >= 0.3 is 0 Å². The fourth-order valence-corrected chi connectivity index (χ4v) is 1.80. The Morgan fingerprint density at radius 2 is 1.81 bits per heavy atom. The lowest BCUT2D eigenvalue weighted by atomic mass is 10.1. The van der Waals surface area contributed by atoms with Gasteiger partial charge in [0, 0.05) is 19.3 Å². The van der Waals surface area contributed by atoms with Crippen molar-refractivity contribution >= 4 is 5.91 Å². The second-order valence-corrected chi connectivity index (χ2v) is 4.12. The summed E-state index contributed by atoms with van der Waals surface area (Å²) in [6.45, 7) is 5.06. The Balaban J connectivity index is 2.70. The molecule has 0 unspecified atom stereocenters. The predicted molar refractivity (Wildman–Crippen MR) is 78.9 cm³/mol. The van der Waals surface area contributed by atoms with Crippen molar-refractivity contribution in [1.82, 2.24) is 5.32 Å². The maximum absolute atomic E-state index is 12.2. The van der Waals surface area contributed by atoms with Crippen LogP contribution in [0.25, 0.3) is 0 Å². The van der Waals surface area contributed by atoms with E-state index in [1.807, 2.05) is 13.8 Å². The number of ether oxygens (including phenoxy) is 4. The van der Waals surface area contributed by atoms with Gasteiger partial charge in [-0.25, -0.2) is 0 Å². The highest BCUT2D eigenvalue weighted by Crippen LogP contribution is 2.24. The number of nitrogens with one attached hydrogen (secondary N) is 1. The number of hydrogen-bond donors (Lipinski definition) is 1. The lowest BCUT2D eigenvalue weighted by Gasteiger charge is -2.18. The quantitative estimate of drug-likeness (QED) is 0.704. The van der Waals surface area contributed by atoms with Crippen LogP contribution >= 0.6 is 0 Å². The van der Waals surface area contributed by atoms with Crippen molar-refractivity contribution < 1.29 is 23.7 Å².